The van der Waals surface area contributed by atoms with Gasteiger partial charge in [-0.15, -0.1) is 0 Å². The number of hydrogen-bond acceptors (Lipinski definition) is 0. The SMILES string of the molecule is CCCC/C(=C(/C)c1ccccc1)C(C)c1ccccc1. The molecule has 1 unspecified atom stereocenters. The average Bonchev–Trinajstić information content (AvgIpc) is 2.56. The summed E-state index contributed by atoms with van der Waals surface area (Å²) in [5, 5.41) is 0. The Bertz CT molecular complexity index is 564. The fourth-order valence-corrected chi connectivity index (χ4v) is 2.91. The molecule has 0 amide bonds. The summed E-state index contributed by atoms with van der Waals surface area (Å²) in [6, 6.07) is 21.6. The minimum absolute atomic E-state index is 0.484. The molecule has 0 N–H and O–H groups in total. The standard InChI is InChI=1S/C21H26/c1-4-5-16-21(17(2)19-12-8-6-9-13-19)18(3)20-14-10-7-11-15-20/h6-15,17H,4-5,16H2,1-3H3/b21-18+. The first-order valence-electron chi connectivity index (χ1n) is 8.04. The predicted molar refractivity (Wildman–Crippen MR) is 93.4 cm³/mol. The fourth-order valence-electron chi connectivity index (χ4n) is 2.91. The normalized spacial score (nSPS) is 13.7. The second kappa shape index (κ2) is 7.83. The summed E-state index contributed by atoms with van der Waals surface area (Å²) in [7, 11) is 0. The van der Waals surface area contributed by atoms with Crippen molar-refractivity contribution in [2.75, 3.05) is 0 Å². The van der Waals surface area contributed by atoms with Crippen molar-refractivity contribution >= 4 is 5.57 Å². The third-order valence-electron chi connectivity index (χ3n) is 4.31. The van der Waals surface area contributed by atoms with Crippen LogP contribution in [0.3, 0.4) is 0 Å². The van der Waals surface area contributed by atoms with Crippen molar-refractivity contribution in [3.63, 3.8) is 0 Å². The molecule has 0 aliphatic heterocycles. The molecule has 0 saturated heterocycles. The van der Waals surface area contributed by atoms with Gasteiger partial charge in [-0.05, 0) is 36.5 Å². The molecule has 0 saturated carbocycles. The van der Waals surface area contributed by atoms with Crippen LogP contribution in [0.4, 0.5) is 0 Å². The molecule has 0 aromatic heterocycles. The van der Waals surface area contributed by atoms with Crippen LogP contribution in [-0.2, 0) is 0 Å². The quantitative estimate of drug-likeness (QED) is 0.569. The van der Waals surface area contributed by atoms with E-state index in [0.29, 0.717) is 5.92 Å². The first kappa shape index (κ1) is 15.6. The van der Waals surface area contributed by atoms with Crippen LogP contribution in [0.5, 0.6) is 0 Å². The molecule has 2 rings (SSSR count). The Balaban J connectivity index is 2.38. The average molecular weight is 278 g/mol. The maximum Gasteiger partial charge on any atom is 0.00257 e. The molecule has 2 aromatic carbocycles. The van der Waals surface area contributed by atoms with Gasteiger partial charge in [0.25, 0.3) is 0 Å². The summed E-state index contributed by atoms with van der Waals surface area (Å²) < 4.78 is 0. The van der Waals surface area contributed by atoms with E-state index >= 15 is 0 Å². The molecule has 21 heavy (non-hydrogen) atoms. The zero-order valence-corrected chi connectivity index (χ0v) is 13.5. The van der Waals surface area contributed by atoms with Crippen LogP contribution < -0.4 is 0 Å². The van der Waals surface area contributed by atoms with Crippen LogP contribution in [0.15, 0.2) is 66.2 Å². The Hall–Kier alpha value is -1.82. The van der Waals surface area contributed by atoms with Crippen molar-refractivity contribution in [3.05, 3.63) is 77.4 Å². The van der Waals surface area contributed by atoms with Crippen LogP contribution in [0.1, 0.15) is 57.1 Å². The number of unbranched alkanes of at least 4 members (excludes halogenated alkanes) is 1. The van der Waals surface area contributed by atoms with Gasteiger partial charge in [0.1, 0.15) is 0 Å². The first-order valence-corrected chi connectivity index (χ1v) is 8.04. The topological polar surface area (TPSA) is 0 Å². The maximum absolute atomic E-state index is 2.34. The highest BCUT2D eigenvalue weighted by atomic mass is 14.2. The van der Waals surface area contributed by atoms with Gasteiger partial charge in [-0.3, -0.25) is 0 Å². The molecule has 0 aliphatic carbocycles. The Morgan fingerprint density at radius 1 is 0.905 bits per heavy atom. The smallest absolute Gasteiger partial charge is 0.00257 e. The molecule has 0 heterocycles. The Morgan fingerprint density at radius 3 is 2.05 bits per heavy atom. The lowest BCUT2D eigenvalue weighted by Gasteiger charge is -2.20. The van der Waals surface area contributed by atoms with Crippen molar-refractivity contribution in [2.24, 2.45) is 0 Å². The Kier molecular flexibility index (Phi) is 5.80. The lowest BCUT2D eigenvalue weighted by molar-refractivity contribution is 0.730. The summed E-state index contributed by atoms with van der Waals surface area (Å²) in [6.07, 6.45) is 3.69. The van der Waals surface area contributed by atoms with Crippen LogP contribution in [-0.4, -0.2) is 0 Å². The molecule has 0 bridgehead atoms. The van der Waals surface area contributed by atoms with Crippen molar-refractivity contribution in [1.29, 1.82) is 0 Å². The van der Waals surface area contributed by atoms with E-state index in [1.807, 2.05) is 0 Å². The van der Waals surface area contributed by atoms with E-state index in [4.69, 9.17) is 0 Å². The Morgan fingerprint density at radius 2 is 1.48 bits per heavy atom. The minimum Gasteiger partial charge on any atom is -0.0654 e. The van der Waals surface area contributed by atoms with Crippen molar-refractivity contribution < 1.29 is 0 Å². The summed E-state index contributed by atoms with van der Waals surface area (Å²) in [4.78, 5) is 0. The van der Waals surface area contributed by atoms with Crippen LogP contribution in [0, 0.1) is 0 Å². The summed E-state index contributed by atoms with van der Waals surface area (Å²) in [6.45, 7) is 6.88. The first-order chi connectivity index (χ1) is 10.2. The second-order valence-corrected chi connectivity index (χ2v) is 5.75. The van der Waals surface area contributed by atoms with Crippen LogP contribution in [0.25, 0.3) is 5.57 Å². The zero-order valence-electron chi connectivity index (χ0n) is 13.5. The Labute approximate surface area is 129 Å². The molecule has 0 nitrogen and oxygen atoms in total. The molecule has 2 aromatic rings. The lowest BCUT2D eigenvalue weighted by atomic mass is 9.85. The van der Waals surface area contributed by atoms with E-state index in [-0.39, 0.29) is 0 Å². The molecule has 0 spiro atoms. The van der Waals surface area contributed by atoms with E-state index in [9.17, 15) is 0 Å². The van der Waals surface area contributed by atoms with Gasteiger partial charge in [0.2, 0.25) is 0 Å². The summed E-state index contributed by atoms with van der Waals surface area (Å²) in [5.74, 6) is 0.484. The number of benzene rings is 2. The minimum atomic E-state index is 0.484. The molecule has 0 fully saturated rings. The molecule has 0 heteroatoms. The van der Waals surface area contributed by atoms with Crippen molar-refractivity contribution in [1.82, 2.24) is 0 Å². The molecule has 110 valence electrons. The van der Waals surface area contributed by atoms with Gasteiger partial charge < -0.3 is 0 Å². The van der Waals surface area contributed by atoms with Crippen molar-refractivity contribution in [3.8, 4) is 0 Å². The van der Waals surface area contributed by atoms with Gasteiger partial charge in [0.05, 0.1) is 0 Å². The predicted octanol–water partition coefficient (Wildman–Crippen LogP) is 6.45. The van der Waals surface area contributed by atoms with Gasteiger partial charge >= 0.3 is 0 Å². The lowest BCUT2D eigenvalue weighted by Crippen LogP contribution is -2.01. The van der Waals surface area contributed by atoms with Gasteiger partial charge in [-0.1, -0.05) is 86.5 Å². The van der Waals surface area contributed by atoms with Gasteiger partial charge in [0, 0.05) is 5.92 Å². The zero-order chi connectivity index (χ0) is 15.1. The van der Waals surface area contributed by atoms with E-state index in [2.05, 4.69) is 81.4 Å². The third kappa shape index (κ3) is 4.07. The fraction of sp³-hybridized carbons (Fsp3) is 0.333. The molecular formula is C21H26. The van der Waals surface area contributed by atoms with Crippen LogP contribution >= 0.6 is 0 Å². The third-order valence-corrected chi connectivity index (χ3v) is 4.31. The van der Waals surface area contributed by atoms with E-state index in [1.165, 1.54) is 36.0 Å². The highest BCUT2D eigenvalue weighted by molar-refractivity contribution is 5.68. The highest BCUT2D eigenvalue weighted by Gasteiger charge is 2.14. The van der Waals surface area contributed by atoms with Gasteiger partial charge in [-0.2, -0.15) is 0 Å². The number of allylic oxidation sites excluding steroid dienone is 2. The van der Waals surface area contributed by atoms with E-state index < -0.39 is 0 Å². The maximum atomic E-state index is 2.34. The number of hydrogen-bond donors (Lipinski definition) is 0. The van der Waals surface area contributed by atoms with E-state index in [1.54, 1.807) is 5.57 Å². The monoisotopic (exact) mass is 278 g/mol. The molecular weight excluding hydrogens is 252 g/mol. The van der Waals surface area contributed by atoms with Crippen LogP contribution in [0.2, 0.25) is 0 Å². The van der Waals surface area contributed by atoms with E-state index in [0.717, 1.165) is 0 Å². The summed E-state index contributed by atoms with van der Waals surface area (Å²) >= 11 is 0. The molecule has 0 radical (unpaired) electrons. The molecule has 0 aliphatic rings. The van der Waals surface area contributed by atoms with Crippen molar-refractivity contribution in [2.45, 2.75) is 46.0 Å². The summed E-state index contributed by atoms with van der Waals surface area (Å²) in [5.41, 5.74) is 5.79. The second-order valence-electron chi connectivity index (χ2n) is 5.75. The number of rotatable bonds is 6. The van der Waals surface area contributed by atoms with Gasteiger partial charge in [-0.25, -0.2) is 0 Å². The highest BCUT2D eigenvalue weighted by Crippen LogP contribution is 2.33. The molecule has 1 atom stereocenters. The largest absolute Gasteiger partial charge is 0.0654 e. The van der Waals surface area contributed by atoms with Gasteiger partial charge in [0.15, 0.2) is 0 Å².